The van der Waals surface area contributed by atoms with Crippen molar-refractivity contribution in [3.63, 3.8) is 0 Å². The molecule has 0 unspecified atom stereocenters. The number of methoxy groups -OCH3 is 1. The van der Waals surface area contributed by atoms with Gasteiger partial charge in [0.2, 0.25) is 16.2 Å². The van der Waals surface area contributed by atoms with E-state index >= 15 is 0 Å². The Morgan fingerprint density at radius 2 is 1.97 bits per heavy atom. The van der Waals surface area contributed by atoms with Crippen molar-refractivity contribution in [2.75, 3.05) is 42.3 Å². The van der Waals surface area contributed by atoms with Gasteiger partial charge in [0.15, 0.2) is 5.82 Å². The molecule has 0 spiro atoms. The number of aryl methyl sites for hydroxylation is 1. The van der Waals surface area contributed by atoms with Crippen LogP contribution in [-0.2, 0) is 9.53 Å². The molecule has 0 saturated carbocycles. The van der Waals surface area contributed by atoms with E-state index < -0.39 is 5.92 Å². The maximum atomic E-state index is 12.8. The van der Waals surface area contributed by atoms with E-state index in [9.17, 15) is 4.79 Å². The van der Waals surface area contributed by atoms with Crippen molar-refractivity contribution in [3.8, 4) is 0 Å². The molecule has 10 heteroatoms. The van der Waals surface area contributed by atoms with Gasteiger partial charge in [-0.15, -0.1) is 15.3 Å². The monoisotopic (exact) mass is 439 g/mol. The zero-order valence-electron chi connectivity index (χ0n) is 17.5. The number of nitrogens with zero attached hydrogens (tertiary/aromatic N) is 5. The number of hydrogen-bond donors (Lipinski definition) is 2. The van der Waals surface area contributed by atoms with E-state index in [0.29, 0.717) is 16.9 Å². The Balaban J connectivity index is 1.34. The molecule has 0 aliphatic carbocycles. The highest BCUT2D eigenvalue weighted by molar-refractivity contribution is 7.19. The summed E-state index contributed by atoms with van der Waals surface area (Å²) in [5.41, 5.74) is 1.80. The smallest absolute Gasteiger partial charge is 0.236 e. The van der Waals surface area contributed by atoms with Crippen molar-refractivity contribution in [2.45, 2.75) is 25.3 Å². The summed E-state index contributed by atoms with van der Waals surface area (Å²) in [6, 6.07) is 13.8. The lowest BCUT2D eigenvalue weighted by molar-refractivity contribution is -0.118. The fourth-order valence-corrected chi connectivity index (χ4v) is 4.24. The van der Waals surface area contributed by atoms with Crippen molar-refractivity contribution in [3.05, 3.63) is 53.7 Å². The first-order valence-electron chi connectivity index (χ1n) is 10.1. The lowest BCUT2D eigenvalue weighted by atomic mass is 9.99. The summed E-state index contributed by atoms with van der Waals surface area (Å²) in [7, 11) is 1.59. The van der Waals surface area contributed by atoms with Crippen LogP contribution < -0.4 is 15.5 Å². The van der Waals surface area contributed by atoms with Gasteiger partial charge in [0, 0.05) is 26.2 Å². The second-order valence-corrected chi connectivity index (χ2v) is 8.41. The summed E-state index contributed by atoms with van der Waals surface area (Å²) in [5.74, 6) is 0.302. The molecule has 2 aromatic heterocycles. The van der Waals surface area contributed by atoms with Crippen LogP contribution >= 0.6 is 11.3 Å². The lowest BCUT2D eigenvalue weighted by Crippen LogP contribution is -2.26. The van der Waals surface area contributed by atoms with Crippen LogP contribution in [0.3, 0.4) is 0 Å². The Bertz CT molecular complexity index is 996. The summed E-state index contributed by atoms with van der Waals surface area (Å²) in [6.07, 6.45) is 0.959. The van der Waals surface area contributed by atoms with Crippen LogP contribution in [0.1, 0.15) is 23.6 Å². The summed E-state index contributed by atoms with van der Waals surface area (Å²) in [5, 5.41) is 24.1. The second kappa shape index (κ2) is 9.80. The number of amides is 1. The lowest BCUT2D eigenvalue weighted by Gasteiger charge is -2.17. The molecule has 1 aliphatic heterocycles. The maximum absolute atomic E-state index is 12.8. The van der Waals surface area contributed by atoms with Crippen LogP contribution in [0.5, 0.6) is 0 Å². The molecule has 2 atom stereocenters. The van der Waals surface area contributed by atoms with Gasteiger partial charge in [-0.2, -0.15) is 5.10 Å². The standard InChI is InChI=1S/C21H25N7O2S/c1-14-8-9-18(25-24-14)28-11-10-16(12-28)22-20-26-27-21(31-20)23-19(29)17(13-30-2)15-6-4-3-5-7-15/h3-9,16-17H,10-13H2,1-2H3,(H,22,26)(H,23,27,29)/t16-,17-/m1/s1. The van der Waals surface area contributed by atoms with E-state index in [0.717, 1.165) is 36.6 Å². The van der Waals surface area contributed by atoms with Crippen molar-refractivity contribution in [2.24, 2.45) is 0 Å². The van der Waals surface area contributed by atoms with E-state index in [4.69, 9.17) is 4.74 Å². The zero-order chi connectivity index (χ0) is 21.6. The fraction of sp³-hybridized carbons (Fsp3) is 0.381. The fourth-order valence-electron chi connectivity index (χ4n) is 3.52. The molecule has 0 radical (unpaired) electrons. The number of benzene rings is 1. The van der Waals surface area contributed by atoms with E-state index in [2.05, 4.69) is 35.9 Å². The first-order chi connectivity index (χ1) is 15.1. The van der Waals surface area contributed by atoms with E-state index in [-0.39, 0.29) is 11.9 Å². The first kappa shape index (κ1) is 21.1. The average molecular weight is 440 g/mol. The number of hydrogen-bond acceptors (Lipinski definition) is 9. The van der Waals surface area contributed by atoms with Gasteiger partial charge in [-0.3, -0.25) is 10.1 Å². The van der Waals surface area contributed by atoms with Crippen LogP contribution in [0.25, 0.3) is 0 Å². The number of rotatable bonds is 8. The van der Waals surface area contributed by atoms with Crippen LogP contribution in [0.15, 0.2) is 42.5 Å². The van der Waals surface area contributed by atoms with Gasteiger partial charge in [-0.1, -0.05) is 41.7 Å². The van der Waals surface area contributed by atoms with Gasteiger partial charge >= 0.3 is 0 Å². The molecular weight excluding hydrogens is 414 g/mol. The molecule has 1 aliphatic rings. The number of ether oxygens (including phenoxy) is 1. The van der Waals surface area contributed by atoms with E-state index in [1.807, 2.05) is 49.4 Å². The highest BCUT2D eigenvalue weighted by Crippen LogP contribution is 2.26. The molecule has 0 bridgehead atoms. The van der Waals surface area contributed by atoms with Crippen LogP contribution in [0.2, 0.25) is 0 Å². The molecule has 31 heavy (non-hydrogen) atoms. The number of anilines is 3. The van der Waals surface area contributed by atoms with Crippen LogP contribution in [-0.4, -0.2) is 59.1 Å². The Labute approximate surface area is 184 Å². The number of aromatic nitrogens is 4. The highest BCUT2D eigenvalue weighted by atomic mass is 32.1. The topological polar surface area (TPSA) is 105 Å². The van der Waals surface area contributed by atoms with E-state index in [1.165, 1.54) is 11.3 Å². The Hall–Kier alpha value is -3.11. The van der Waals surface area contributed by atoms with Crippen molar-refractivity contribution in [1.82, 2.24) is 20.4 Å². The second-order valence-electron chi connectivity index (χ2n) is 7.43. The predicted molar refractivity (Wildman–Crippen MR) is 121 cm³/mol. The minimum absolute atomic E-state index is 0.166. The molecule has 3 aromatic rings. The number of carbonyl (C=O) groups is 1. The average Bonchev–Trinajstić information content (AvgIpc) is 3.43. The largest absolute Gasteiger partial charge is 0.384 e. The Kier molecular flexibility index (Phi) is 6.68. The van der Waals surface area contributed by atoms with Gasteiger partial charge in [0.05, 0.1) is 18.2 Å². The summed E-state index contributed by atoms with van der Waals surface area (Å²) in [6.45, 7) is 3.92. The van der Waals surface area contributed by atoms with E-state index in [1.54, 1.807) is 7.11 Å². The third-order valence-corrected chi connectivity index (χ3v) is 5.90. The van der Waals surface area contributed by atoms with Crippen LogP contribution in [0, 0.1) is 6.92 Å². The SMILES string of the molecule is COC[C@@H](C(=O)Nc1nnc(N[C@@H]2CCN(c3ccc(C)nn3)C2)s1)c1ccccc1. The van der Waals surface area contributed by atoms with Gasteiger partial charge < -0.3 is 15.0 Å². The maximum Gasteiger partial charge on any atom is 0.236 e. The minimum Gasteiger partial charge on any atom is -0.384 e. The number of nitrogens with one attached hydrogen (secondary N) is 2. The molecule has 4 rings (SSSR count). The summed E-state index contributed by atoms with van der Waals surface area (Å²) in [4.78, 5) is 15.0. The predicted octanol–water partition coefficient (Wildman–Crippen LogP) is 2.70. The molecule has 1 amide bonds. The normalized spacial score (nSPS) is 16.8. The van der Waals surface area contributed by atoms with Crippen molar-refractivity contribution >= 4 is 33.3 Å². The first-order valence-corrected chi connectivity index (χ1v) is 10.9. The minimum atomic E-state index is -0.412. The van der Waals surface area contributed by atoms with Gasteiger partial charge in [-0.05, 0) is 31.0 Å². The summed E-state index contributed by atoms with van der Waals surface area (Å²) < 4.78 is 5.24. The van der Waals surface area contributed by atoms with Crippen LogP contribution in [0.4, 0.5) is 16.1 Å². The Morgan fingerprint density at radius 1 is 1.16 bits per heavy atom. The molecule has 1 aromatic carbocycles. The number of carbonyl (C=O) groups excluding carboxylic acids is 1. The van der Waals surface area contributed by atoms with Gasteiger partial charge in [-0.25, -0.2) is 0 Å². The highest BCUT2D eigenvalue weighted by Gasteiger charge is 2.25. The summed E-state index contributed by atoms with van der Waals surface area (Å²) >= 11 is 1.33. The van der Waals surface area contributed by atoms with Gasteiger partial charge in [0.25, 0.3) is 0 Å². The third kappa shape index (κ3) is 5.33. The quantitative estimate of drug-likeness (QED) is 0.552. The molecule has 9 nitrogen and oxygen atoms in total. The molecule has 162 valence electrons. The van der Waals surface area contributed by atoms with Crippen molar-refractivity contribution < 1.29 is 9.53 Å². The molecular formula is C21H25N7O2S. The Morgan fingerprint density at radius 3 is 2.71 bits per heavy atom. The molecule has 1 fully saturated rings. The van der Waals surface area contributed by atoms with Gasteiger partial charge in [0.1, 0.15) is 0 Å². The molecule has 1 saturated heterocycles. The molecule has 2 N–H and O–H groups in total. The van der Waals surface area contributed by atoms with Crippen molar-refractivity contribution in [1.29, 1.82) is 0 Å². The zero-order valence-corrected chi connectivity index (χ0v) is 18.3. The third-order valence-electron chi connectivity index (χ3n) is 5.13. The molecule has 3 heterocycles.